The van der Waals surface area contributed by atoms with Crippen molar-refractivity contribution in [3.8, 4) is 11.4 Å². The van der Waals surface area contributed by atoms with Crippen molar-refractivity contribution in [3.63, 3.8) is 0 Å². The molecule has 3 aromatic rings. The van der Waals surface area contributed by atoms with E-state index in [4.69, 9.17) is 10.7 Å². The smallest absolute Gasteiger partial charge is 0.255 e. The van der Waals surface area contributed by atoms with Gasteiger partial charge in [-0.2, -0.15) is 0 Å². The Labute approximate surface area is 151 Å². The van der Waals surface area contributed by atoms with Crippen molar-refractivity contribution in [3.05, 3.63) is 75.5 Å². The number of hydrogen-bond acceptors (Lipinski definition) is 5. The van der Waals surface area contributed by atoms with E-state index in [1.807, 2.05) is 43.6 Å². The summed E-state index contributed by atoms with van der Waals surface area (Å²) in [6.45, 7) is 4.30. The molecule has 2 aromatic heterocycles. The van der Waals surface area contributed by atoms with E-state index in [-0.39, 0.29) is 5.56 Å². The summed E-state index contributed by atoms with van der Waals surface area (Å²) < 4.78 is 0. The van der Waals surface area contributed by atoms with Gasteiger partial charge < -0.3 is 10.7 Å². The molecule has 3 heterocycles. The Morgan fingerprint density at radius 2 is 2.04 bits per heavy atom. The molecule has 1 aliphatic heterocycles. The van der Waals surface area contributed by atoms with Crippen molar-refractivity contribution in [2.45, 2.75) is 26.4 Å². The molecule has 0 bridgehead atoms. The molecule has 6 heteroatoms. The van der Waals surface area contributed by atoms with E-state index in [1.165, 1.54) is 0 Å². The Bertz CT molecular complexity index is 994. The third kappa shape index (κ3) is 3.36. The molecule has 0 aliphatic carbocycles. The highest BCUT2D eigenvalue weighted by Gasteiger charge is 2.21. The highest BCUT2D eigenvalue weighted by molar-refractivity contribution is 5.58. The zero-order chi connectivity index (χ0) is 18.1. The molecule has 26 heavy (non-hydrogen) atoms. The van der Waals surface area contributed by atoms with Crippen LogP contribution in [0.3, 0.4) is 0 Å². The number of aryl methyl sites for hydroxylation is 1. The molecule has 0 radical (unpaired) electrons. The lowest BCUT2D eigenvalue weighted by atomic mass is 10.1. The predicted octanol–water partition coefficient (Wildman–Crippen LogP) is 2.28. The highest BCUT2D eigenvalue weighted by Crippen LogP contribution is 2.20. The SMILES string of the molecule is Cc1cncc(CN2CCc3nc(-c4ccc(N)cc4)[nH]c(=O)c3C2)c1. The van der Waals surface area contributed by atoms with Crippen LogP contribution in [0.15, 0.2) is 47.5 Å². The summed E-state index contributed by atoms with van der Waals surface area (Å²) in [4.78, 5) is 26.7. The third-order valence-corrected chi connectivity index (χ3v) is 4.67. The monoisotopic (exact) mass is 347 g/mol. The second kappa shape index (κ2) is 6.72. The molecular formula is C20H21N5O. The number of H-pyrrole nitrogens is 1. The van der Waals surface area contributed by atoms with Gasteiger partial charge in [-0.05, 0) is 42.3 Å². The molecule has 4 rings (SSSR count). The predicted molar refractivity (Wildman–Crippen MR) is 101 cm³/mol. The largest absolute Gasteiger partial charge is 0.399 e. The number of benzene rings is 1. The fourth-order valence-corrected chi connectivity index (χ4v) is 3.36. The van der Waals surface area contributed by atoms with Gasteiger partial charge in [-0.3, -0.25) is 14.7 Å². The first-order chi connectivity index (χ1) is 12.6. The van der Waals surface area contributed by atoms with E-state index >= 15 is 0 Å². The van der Waals surface area contributed by atoms with Gasteiger partial charge in [0.1, 0.15) is 5.82 Å². The Hall–Kier alpha value is -2.99. The molecule has 0 fully saturated rings. The topological polar surface area (TPSA) is 87.9 Å². The van der Waals surface area contributed by atoms with Crippen LogP contribution >= 0.6 is 0 Å². The molecule has 0 atom stereocenters. The lowest BCUT2D eigenvalue weighted by Crippen LogP contribution is -2.35. The molecule has 1 aliphatic rings. The minimum atomic E-state index is -0.0612. The first kappa shape index (κ1) is 16.5. The zero-order valence-electron chi connectivity index (χ0n) is 14.7. The Kier molecular flexibility index (Phi) is 4.26. The first-order valence-electron chi connectivity index (χ1n) is 8.69. The van der Waals surface area contributed by atoms with Gasteiger partial charge in [-0.25, -0.2) is 4.98 Å². The number of anilines is 1. The van der Waals surface area contributed by atoms with E-state index in [1.54, 1.807) is 0 Å². The molecule has 0 unspecified atom stereocenters. The Morgan fingerprint density at radius 3 is 2.81 bits per heavy atom. The number of pyridine rings is 1. The molecule has 1 aromatic carbocycles. The minimum absolute atomic E-state index is 0.0612. The fourth-order valence-electron chi connectivity index (χ4n) is 3.36. The average Bonchev–Trinajstić information content (AvgIpc) is 2.63. The number of hydrogen-bond donors (Lipinski definition) is 2. The number of rotatable bonds is 3. The van der Waals surface area contributed by atoms with Gasteiger partial charge in [0.25, 0.3) is 5.56 Å². The van der Waals surface area contributed by atoms with E-state index in [9.17, 15) is 4.79 Å². The minimum Gasteiger partial charge on any atom is -0.399 e. The summed E-state index contributed by atoms with van der Waals surface area (Å²) in [5.74, 6) is 0.602. The number of aromatic nitrogens is 3. The second-order valence-electron chi connectivity index (χ2n) is 6.79. The quantitative estimate of drug-likeness (QED) is 0.710. The molecule has 0 spiro atoms. The van der Waals surface area contributed by atoms with Crippen molar-refractivity contribution < 1.29 is 0 Å². The van der Waals surface area contributed by atoms with Crippen LogP contribution in [-0.4, -0.2) is 26.4 Å². The average molecular weight is 347 g/mol. The van der Waals surface area contributed by atoms with Crippen LogP contribution in [0.5, 0.6) is 0 Å². The summed E-state index contributed by atoms with van der Waals surface area (Å²) >= 11 is 0. The van der Waals surface area contributed by atoms with Crippen LogP contribution in [-0.2, 0) is 19.5 Å². The van der Waals surface area contributed by atoms with E-state index in [0.29, 0.717) is 18.1 Å². The summed E-state index contributed by atoms with van der Waals surface area (Å²) in [6.07, 6.45) is 4.50. The highest BCUT2D eigenvalue weighted by atomic mass is 16.1. The van der Waals surface area contributed by atoms with Crippen molar-refractivity contribution in [2.24, 2.45) is 0 Å². The van der Waals surface area contributed by atoms with Gasteiger partial charge in [0.15, 0.2) is 0 Å². The summed E-state index contributed by atoms with van der Waals surface area (Å²) in [7, 11) is 0. The van der Waals surface area contributed by atoms with E-state index in [2.05, 4.69) is 20.9 Å². The van der Waals surface area contributed by atoms with Crippen LogP contribution in [0.25, 0.3) is 11.4 Å². The van der Waals surface area contributed by atoms with Gasteiger partial charge in [-0.1, -0.05) is 6.07 Å². The Balaban J connectivity index is 1.58. The van der Waals surface area contributed by atoms with Crippen molar-refractivity contribution in [1.82, 2.24) is 19.9 Å². The first-order valence-corrected chi connectivity index (χ1v) is 8.69. The second-order valence-corrected chi connectivity index (χ2v) is 6.79. The number of nitrogens with two attached hydrogens (primary N) is 1. The van der Waals surface area contributed by atoms with Crippen LogP contribution < -0.4 is 11.3 Å². The fraction of sp³-hybridized carbons (Fsp3) is 0.250. The summed E-state index contributed by atoms with van der Waals surface area (Å²) in [5.41, 5.74) is 11.2. The number of nitrogens with zero attached hydrogens (tertiary/aromatic N) is 3. The van der Waals surface area contributed by atoms with E-state index < -0.39 is 0 Å². The maximum absolute atomic E-state index is 12.6. The molecule has 0 saturated carbocycles. The van der Waals surface area contributed by atoms with E-state index in [0.717, 1.165) is 47.5 Å². The normalized spacial score (nSPS) is 14.2. The molecule has 0 saturated heterocycles. The number of fused-ring (bicyclic) bond motifs is 1. The van der Waals surface area contributed by atoms with Crippen molar-refractivity contribution in [2.75, 3.05) is 12.3 Å². The lowest BCUT2D eigenvalue weighted by Gasteiger charge is -2.27. The van der Waals surface area contributed by atoms with Crippen LogP contribution in [0, 0.1) is 6.92 Å². The van der Waals surface area contributed by atoms with Crippen LogP contribution in [0.1, 0.15) is 22.4 Å². The zero-order valence-corrected chi connectivity index (χ0v) is 14.7. The van der Waals surface area contributed by atoms with Gasteiger partial charge in [0, 0.05) is 49.7 Å². The lowest BCUT2D eigenvalue weighted by molar-refractivity contribution is 0.241. The number of nitrogens with one attached hydrogen (secondary N) is 1. The molecule has 3 N–H and O–H groups in total. The molecular weight excluding hydrogens is 326 g/mol. The summed E-state index contributed by atoms with van der Waals surface area (Å²) in [6, 6.07) is 9.51. The van der Waals surface area contributed by atoms with Gasteiger partial charge in [0.2, 0.25) is 0 Å². The standard InChI is InChI=1S/C20H21N5O/c1-13-8-14(10-22-9-13)11-25-7-6-18-17(12-25)20(26)24-19(23-18)15-2-4-16(21)5-3-15/h2-5,8-10H,6-7,11-12,21H2,1H3,(H,23,24,26). The van der Waals surface area contributed by atoms with Gasteiger partial charge in [0.05, 0.1) is 11.3 Å². The third-order valence-electron chi connectivity index (χ3n) is 4.67. The van der Waals surface area contributed by atoms with Gasteiger partial charge >= 0.3 is 0 Å². The molecule has 132 valence electrons. The van der Waals surface area contributed by atoms with Crippen LogP contribution in [0.4, 0.5) is 5.69 Å². The number of nitrogen functional groups attached to an aromatic ring is 1. The maximum atomic E-state index is 12.6. The molecule has 0 amide bonds. The van der Waals surface area contributed by atoms with Crippen molar-refractivity contribution >= 4 is 5.69 Å². The van der Waals surface area contributed by atoms with Gasteiger partial charge in [-0.15, -0.1) is 0 Å². The molecule has 6 nitrogen and oxygen atoms in total. The van der Waals surface area contributed by atoms with Crippen molar-refractivity contribution in [1.29, 1.82) is 0 Å². The summed E-state index contributed by atoms with van der Waals surface area (Å²) in [5, 5.41) is 0. The van der Waals surface area contributed by atoms with Crippen LogP contribution in [0.2, 0.25) is 0 Å². The number of aromatic amines is 1. The maximum Gasteiger partial charge on any atom is 0.255 e. The Morgan fingerprint density at radius 1 is 1.23 bits per heavy atom.